The number of nitrogens with one attached hydrogen (secondary N) is 1. The van der Waals surface area contributed by atoms with Crippen LogP contribution in [0.2, 0.25) is 0 Å². The predicted octanol–water partition coefficient (Wildman–Crippen LogP) is 4.78. The molecule has 1 N–H and O–H groups in total. The minimum atomic E-state index is -0.452. The Kier molecular flexibility index (Phi) is 5.93. The lowest BCUT2D eigenvalue weighted by Gasteiger charge is -2.20. The Bertz CT molecular complexity index is 801. The molecule has 0 aliphatic rings. The maximum atomic E-state index is 12.1. The third-order valence-corrected chi connectivity index (χ3v) is 4.17. The molecule has 0 aromatic heterocycles. The summed E-state index contributed by atoms with van der Waals surface area (Å²) in [6.07, 6.45) is 3.07. The van der Waals surface area contributed by atoms with Gasteiger partial charge in [-0.1, -0.05) is 45.0 Å². The van der Waals surface area contributed by atoms with E-state index in [1.54, 1.807) is 18.2 Å². The van der Waals surface area contributed by atoms with Crippen molar-refractivity contribution in [2.75, 3.05) is 0 Å². The summed E-state index contributed by atoms with van der Waals surface area (Å²) in [5, 5.41) is 13.6. The van der Waals surface area contributed by atoms with Crippen molar-refractivity contribution < 1.29 is 9.72 Å². The van der Waals surface area contributed by atoms with Crippen molar-refractivity contribution in [2.24, 2.45) is 0 Å². The van der Waals surface area contributed by atoms with Gasteiger partial charge in [-0.15, -0.1) is 0 Å². The van der Waals surface area contributed by atoms with Crippen LogP contribution in [-0.2, 0) is 10.2 Å². The number of carbonyl (C=O) groups is 1. The van der Waals surface area contributed by atoms with Gasteiger partial charge in [0.1, 0.15) is 0 Å². The monoisotopic (exact) mass is 352 g/mol. The number of carbonyl (C=O) groups excluding carboxylic acids is 1. The molecule has 0 saturated heterocycles. The van der Waals surface area contributed by atoms with Crippen molar-refractivity contribution in [3.63, 3.8) is 0 Å². The first-order valence-electron chi connectivity index (χ1n) is 8.50. The SMILES string of the molecule is CC(NC(=O)/C=C/c1ccc([N+](=O)[O-])cc1)c1ccc(C(C)(C)C)cc1. The first-order valence-corrected chi connectivity index (χ1v) is 8.50. The molecule has 0 spiro atoms. The minimum Gasteiger partial charge on any atom is -0.346 e. The van der Waals surface area contributed by atoms with Crippen LogP contribution in [0.5, 0.6) is 0 Å². The summed E-state index contributed by atoms with van der Waals surface area (Å²) >= 11 is 0. The van der Waals surface area contributed by atoms with E-state index < -0.39 is 4.92 Å². The highest BCUT2D eigenvalue weighted by atomic mass is 16.6. The maximum Gasteiger partial charge on any atom is 0.269 e. The van der Waals surface area contributed by atoms with E-state index in [1.807, 2.05) is 19.1 Å². The van der Waals surface area contributed by atoms with Crippen molar-refractivity contribution in [3.8, 4) is 0 Å². The van der Waals surface area contributed by atoms with Crippen molar-refractivity contribution in [2.45, 2.75) is 39.2 Å². The molecule has 2 aromatic rings. The molecule has 0 saturated carbocycles. The quantitative estimate of drug-likeness (QED) is 0.478. The molecule has 5 heteroatoms. The van der Waals surface area contributed by atoms with E-state index in [0.29, 0.717) is 0 Å². The van der Waals surface area contributed by atoms with E-state index in [2.05, 4.69) is 38.2 Å². The molecule has 5 nitrogen and oxygen atoms in total. The lowest BCUT2D eigenvalue weighted by atomic mass is 9.86. The van der Waals surface area contributed by atoms with Crippen LogP contribution in [0, 0.1) is 10.1 Å². The topological polar surface area (TPSA) is 72.2 Å². The van der Waals surface area contributed by atoms with Crippen LogP contribution in [0.25, 0.3) is 6.08 Å². The Morgan fingerprint density at radius 3 is 2.15 bits per heavy atom. The van der Waals surface area contributed by atoms with Crippen LogP contribution in [-0.4, -0.2) is 10.8 Å². The van der Waals surface area contributed by atoms with Crippen LogP contribution in [0.15, 0.2) is 54.6 Å². The lowest BCUT2D eigenvalue weighted by molar-refractivity contribution is -0.384. The summed E-state index contributed by atoms with van der Waals surface area (Å²) in [7, 11) is 0. The van der Waals surface area contributed by atoms with Gasteiger partial charge < -0.3 is 5.32 Å². The highest BCUT2D eigenvalue weighted by molar-refractivity contribution is 5.92. The number of nitrogens with zero attached hydrogens (tertiary/aromatic N) is 1. The zero-order valence-corrected chi connectivity index (χ0v) is 15.5. The molecule has 1 unspecified atom stereocenters. The van der Waals surface area contributed by atoms with E-state index in [1.165, 1.54) is 23.8 Å². The lowest BCUT2D eigenvalue weighted by Crippen LogP contribution is -2.24. The minimum absolute atomic E-state index is 0.0268. The number of nitro benzene ring substituents is 1. The molecule has 0 heterocycles. The average molecular weight is 352 g/mol. The molecule has 1 atom stereocenters. The molecule has 0 aliphatic carbocycles. The van der Waals surface area contributed by atoms with Gasteiger partial charge in [0.05, 0.1) is 11.0 Å². The molecular weight excluding hydrogens is 328 g/mol. The van der Waals surface area contributed by atoms with Gasteiger partial charge in [-0.3, -0.25) is 14.9 Å². The van der Waals surface area contributed by atoms with Gasteiger partial charge in [0.2, 0.25) is 5.91 Å². The van der Waals surface area contributed by atoms with E-state index in [9.17, 15) is 14.9 Å². The second-order valence-corrected chi connectivity index (χ2v) is 7.28. The number of non-ortho nitro benzene ring substituents is 1. The number of hydrogen-bond acceptors (Lipinski definition) is 3. The first-order chi connectivity index (χ1) is 12.2. The van der Waals surface area contributed by atoms with Crippen molar-refractivity contribution in [3.05, 3.63) is 81.4 Å². The van der Waals surface area contributed by atoms with Crippen molar-refractivity contribution in [1.29, 1.82) is 0 Å². The third-order valence-electron chi connectivity index (χ3n) is 4.17. The number of nitro groups is 1. The van der Waals surface area contributed by atoms with Gasteiger partial charge in [-0.2, -0.15) is 0 Å². The average Bonchev–Trinajstić information content (AvgIpc) is 2.59. The third kappa shape index (κ3) is 5.28. The summed E-state index contributed by atoms with van der Waals surface area (Å²) < 4.78 is 0. The Morgan fingerprint density at radius 2 is 1.65 bits per heavy atom. The number of rotatable bonds is 5. The van der Waals surface area contributed by atoms with Crippen molar-refractivity contribution in [1.82, 2.24) is 5.32 Å². The number of amides is 1. The fourth-order valence-corrected chi connectivity index (χ4v) is 2.50. The molecule has 2 aromatic carbocycles. The normalized spacial score (nSPS) is 12.8. The van der Waals surface area contributed by atoms with Gasteiger partial charge in [0.25, 0.3) is 5.69 Å². The van der Waals surface area contributed by atoms with Crippen molar-refractivity contribution >= 4 is 17.7 Å². The van der Waals surface area contributed by atoms with Gasteiger partial charge in [0.15, 0.2) is 0 Å². The van der Waals surface area contributed by atoms with Crippen LogP contribution in [0.1, 0.15) is 50.4 Å². The number of benzene rings is 2. The highest BCUT2D eigenvalue weighted by Gasteiger charge is 2.14. The predicted molar refractivity (Wildman–Crippen MR) is 104 cm³/mol. The number of hydrogen-bond donors (Lipinski definition) is 1. The van der Waals surface area contributed by atoms with Crippen LogP contribution in [0.4, 0.5) is 5.69 Å². The summed E-state index contributed by atoms with van der Waals surface area (Å²) in [5.41, 5.74) is 3.14. The van der Waals surface area contributed by atoms with Gasteiger partial charge in [-0.05, 0) is 47.2 Å². The second-order valence-electron chi connectivity index (χ2n) is 7.28. The fourth-order valence-electron chi connectivity index (χ4n) is 2.50. The van der Waals surface area contributed by atoms with E-state index >= 15 is 0 Å². The largest absolute Gasteiger partial charge is 0.346 e. The highest BCUT2D eigenvalue weighted by Crippen LogP contribution is 2.23. The Morgan fingerprint density at radius 1 is 1.08 bits per heavy atom. The standard InChI is InChI=1S/C21H24N2O3/c1-15(17-8-10-18(11-9-17)21(2,3)4)22-20(24)14-7-16-5-12-19(13-6-16)23(25)26/h5-15H,1-4H3,(H,22,24)/b14-7+. The summed E-state index contributed by atoms with van der Waals surface area (Å²) in [6, 6.07) is 14.2. The van der Waals surface area contributed by atoms with Gasteiger partial charge >= 0.3 is 0 Å². The maximum absolute atomic E-state index is 12.1. The molecule has 2 rings (SSSR count). The zero-order chi connectivity index (χ0) is 19.3. The van der Waals surface area contributed by atoms with Crippen LogP contribution >= 0.6 is 0 Å². The van der Waals surface area contributed by atoms with Gasteiger partial charge in [0, 0.05) is 18.2 Å². The molecule has 0 fully saturated rings. The molecule has 0 aliphatic heterocycles. The second kappa shape index (κ2) is 7.95. The Labute approximate surface area is 153 Å². The molecular formula is C21H24N2O3. The summed E-state index contributed by atoms with van der Waals surface area (Å²) in [6.45, 7) is 8.42. The van der Waals surface area contributed by atoms with E-state index in [4.69, 9.17) is 0 Å². The summed E-state index contributed by atoms with van der Waals surface area (Å²) in [4.78, 5) is 22.3. The molecule has 26 heavy (non-hydrogen) atoms. The Hall–Kier alpha value is -2.95. The smallest absolute Gasteiger partial charge is 0.269 e. The first kappa shape index (κ1) is 19.4. The zero-order valence-electron chi connectivity index (χ0n) is 15.5. The molecule has 0 bridgehead atoms. The van der Waals surface area contributed by atoms with E-state index in [-0.39, 0.29) is 23.1 Å². The van der Waals surface area contributed by atoms with Gasteiger partial charge in [-0.25, -0.2) is 0 Å². The van der Waals surface area contributed by atoms with Crippen LogP contribution < -0.4 is 5.32 Å². The van der Waals surface area contributed by atoms with Crippen LogP contribution in [0.3, 0.4) is 0 Å². The summed E-state index contributed by atoms with van der Waals surface area (Å²) in [5.74, 6) is -0.212. The fraction of sp³-hybridized carbons (Fsp3) is 0.286. The molecule has 136 valence electrons. The Balaban J connectivity index is 1.97. The molecule has 0 radical (unpaired) electrons. The molecule has 1 amide bonds. The van der Waals surface area contributed by atoms with E-state index in [0.717, 1.165) is 11.1 Å².